The van der Waals surface area contributed by atoms with Crippen LogP contribution in [0, 0.1) is 0 Å². The van der Waals surface area contributed by atoms with Gasteiger partial charge in [0.05, 0.1) is 11.6 Å². The molecule has 3 nitrogen and oxygen atoms in total. The Morgan fingerprint density at radius 2 is 2.75 bits per heavy atom. The molecular weight excluding hydrogens is 126 g/mol. The van der Waals surface area contributed by atoms with Crippen LogP contribution in [0.3, 0.4) is 0 Å². The SMILES string of the molecule is O=[C]Oc1cnsc1. The molecule has 0 bridgehead atoms. The van der Waals surface area contributed by atoms with E-state index in [-0.39, 0.29) is 0 Å². The lowest BCUT2D eigenvalue weighted by atomic mass is 10.7. The zero-order valence-corrected chi connectivity index (χ0v) is 4.64. The average molecular weight is 128 g/mol. The Morgan fingerprint density at radius 1 is 1.88 bits per heavy atom. The zero-order valence-electron chi connectivity index (χ0n) is 3.83. The van der Waals surface area contributed by atoms with Gasteiger partial charge in [0.25, 0.3) is 0 Å². The van der Waals surface area contributed by atoms with Crippen molar-refractivity contribution in [1.29, 1.82) is 0 Å². The molecule has 1 aromatic heterocycles. The van der Waals surface area contributed by atoms with Crippen molar-refractivity contribution in [3.8, 4) is 5.75 Å². The molecular formula is C4H2NO2S. The normalized spacial score (nSPS) is 8.50. The maximum atomic E-state index is 9.50. The number of rotatable bonds is 2. The van der Waals surface area contributed by atoms with E-state index < -0.39 is 0 Å². The first-order chi connectivity index (χ1) is 3.93. The second-order valence-corrected chi connectivity index (χ2v) is 1.70. The minimum Gasteiger partial charge on any atom is -0.415 e. The summed E-state index contributed by atoms with van der Waals surface area (Å²) in [6.07, 6.45) is 1.45. The molecule has 0 aromatic carbocycles. The molecule has 0 aliphatic rings. The molecule has 1 radical (unpaired) electrons. The Labute approximate surface area is 50.1 Å². The lowest BCUT2D eigenvalue weighted by molar-refractivity contribution is 0.443. The molecule has 0 N–H and O–H groups in total. The van der Waals surface area contributed by atoms with E-state index in [2.05, 4.69) is 9.11 Å². The summed E-state index contributed by atoms with van der Waals surface area (Å²) in [5.74, 6) is 0.449. The van der Waals surface area contributed by atoms with Crippen LogP contribution in [0.5, 0.6) is 5.75 Å². The van der Waals surface area contributed by atoms with Crippen molar-refractivity contribution in [3.05, 3.63) is 11.6 Å². The average Bonchev–Trinajstić information content (AvgIpc) is 2.19. The molecule has 4 heteroatoms. The smallest absolute Gasteiger partial charge is 0.415 e. The van der Waals surface area contributed by atoms with Crippen molar-refractivity contribution < 1.29 is 9.53 Å². The summed E-state index contributed by atoms with van der Waals surface area (Å²) in [5.41, 5.74) is 0. The fourth-order valence-corrected chi connectivity index (χ4v) is 0.732. The molecule has 1 heterocycles. The topological polar surface area (TPSA) is 39.2 Å². The predicted molar refractivity (Wildman–Crippen MR) is 28.4 cm³/mol. The van der Waals surface area contributed by atoms with E-state index >= 15 is 0 Å². The van der Waals surface area contributed by atoms with Gasteiger partial charge in [-0.3, -0.25) is 0 Å². The zero-order chi connectivity index (χ0) is 5.82. The number of nitrogens with zero attached hydrogens (tertiary/aromatic N) is 1. The summed E-state index contributed by atoms with van der Waals surface area (Å²) in [6.45, 7) is 1.29. The highest BCUT2D eigenvalue weighted by atomic mass is 32.1. The minimum absolute atomic E-state index is 0.449. The van der Waals surface area contributed by atoms with Crippen LogP contribution in [0.2, 0.25) is 0 Å². The molecule has 0 saturated carbocycles. The Balaban J connectivity index is 2.62. The summed E-state index contributed by atoms with van der Waals surface area (Å²) >= 11 is 1.23. The van der Waals surface area contributed by atoms with Gasteiger partial charge in [-0.15, -0.1) is 0 Å². The van der Waals surface area contributed by atoms with Gasteiger partial charge < -0.3 is 4.74 Å². The maximum Gasteiger partial charge on any atom is 0.423 e. The molecule has 8 heavy (non-hydrogen) atoms. The molecule has 0 saturated heterocycles. The lowest BCUT2D eigenvalue weighted by Crippen LogP contribution is -1.83. The Kier molecular flexibility index (Phi) is 1.58. The van der Waals surface area contributed by atoms with Gasteiger partial charge in [0, 0.05) is 0 Å². The van der Waals surface area contributed by atoms with Crippen LogP contribution in [-0.2, 0) is 4.79 Å². The lowest BCUT2D eigenvalue weighted by Gasteiger charge is -1.81. The van der Waals surface area contributed by atoms with Gasteiger partial charge in [0.2, 0.25) is 0 Å². The summed E-state index contributed by atoms with van der Waals surface area (Å²) in [4.78, 5) is 9.50. The molecule has 0 fully saturated rings. The van der Waals surface area contributed by atoms with Gasteiger partial charge in [0.15, 0.2) is 5.75 Å². The molecule has 0 aliphatic heterocycles. The quantitative estimate of drug-likeness (QED) is 0.585. The van der Waals surface area contributed by atoms with Gasteiger partial charge in [-0.25, -0.2) is 4.79 Å². The monoisotopic (exact) mass is 128 g/mol. The number of ether oxygens (including phenoxy) is 1. The Hall–Kier alpha value is -0.900. The van der Waals surface area contributed by atoms with Crippen LogP contribution >= 0.6 is 11.5 Å². The van der Waals surface area contributed by atoms with E-state index in [1.165, 1.54) is 24.2 Å². The van der Waals surface area contributed by atoms with Crippen molar-refractivity contribution in [2.24, 2.45) is 0 Å². The van der Waals surface area contributed by atoms with Crippen molar-refractivity contribution >= 4 is 18.0 Å². The van der Waals surface area contributed by atoms with E-state index in [0.29, 0.717) is 5.75 Å². The number of carbonyl (C=O) groups excluding carboxylic acids is 1. The number of hydrogen-bond donors (Lipinski definition) is 0. The third-order valence-electron chi connectivity index (χ3n) is 0.569. The molecule has 1 rings (SSSR count). The Morgan fingerprint density at radius 3 is 3.25 bits per heavy atom. The van der Waals surface area contributed by atoms with E-state index in [1.54, 1.807) is 5.38 Å². The van der Waals surface area contributed by atoms with Crippen molar-refractivity contribution in [2.45, 2.75) is 0 Å². The van der Waals surface area contributed by atoms with Crippen molar-refractivity contribution in [1.82, 2.24) is 4.37 Å². The van der Waals surface area contributed by atoms with Gasteiger partial charge in [-0.2, -0.15) is 4.37 Å². The van der Waals surface area contributed by atoms with E-state index in [4.69, 9.17) is 0 Å². The minimum atomic E-state index is 0.449. The molecule has 1 aromatic rings. The first-order valence-corrected chi connectivity index (χ1v) is 2.70. The molecule has 0 unspecified atom stereocenters. The standard InChI is InChI=1S/C4H2NO2S/c6-3-7-4-1-5-8-2-4/h1-2H. The number of hydrogen-bond acceptors (Lipinski definition) is 4. The van der Waals surface area contributed by atoms with Crippen molar-refractivity contribution in [3.63, 3.8) is 0 Å². The van der Waals surface area contributed by atoms with E-state index in [1.807, 2.05) is 0 Å². The van der Waals surface area contributed by atoms with Gasteiger partial charge in [0.1, 0.15) is 0 Å². The number of aromatic nitrogens is 1. The molecule has 0 atom stereocenters. The van der Waals surface area contributed by atoms with Crippen molar-refractivity contribution in [2.75, 3.05) is 0 Å². The molecule has 41 valence electrons. The van der Waals surface area contributed by atoms with Crippen LogP contribution in [0.25, 0.3) is 0 Å². The predicted octanol–water partition coefficient (Wildman–Crippen LogP) is 0.589. The van der Waals surface area contributed by atoms with Crippen LogP contribution in [0.15, 0.2) is 11.6 Å². The van der Waals surface area contributed by atoms with E-state index in [9.17, 15) is 4.79 Å². The second-order valence-electron chi connectivity index (χ2n) is 1.05. The molecule has 0 spiro atoms. The third kappa shape index (κ3) is 1.04. The fraction of sp³-hybridized carbons (Fsp3) is 0. The van der Waals surface area contributed by atoms with Crippen LogP contribution in [0.4, 0.5) is 0 Å². The highest BCUT2D eigenvalue weighted by molar-refractivity contribution is 7.03. The molecule has 0 aliphatic carbocycles. The second kappa shape index (κ2) is 2.42. The highest BCUT2D eigenvalue weighted by Crippen LogP contribution is 2.09. The Bertz CT molecular complexity index is 161. The van der Waals surface area contributed by atoms with Crippen LogP contribution in [-0.4, -0.2) is 10.8 Å². The fourth-order valence-electron chi connectivity index (χ4n) is 0.294. The third-order valence-corrected chi connectivity index (χ3v) is 1.13. The maximum absolute atomic E-state index is 9.50. The molecule has 0 amide bonds. The summed E-state index contributed by atoms with van der Waals surface area (Å²) in [6, 6.07) is 0. The van der Waals surface area contributed by atoms with Gasteiger partial charge >= 0.3 is 6.47 Å². The van der Waals surface area contributed by atoms with E-state index in [0.717, 1.165) is 0 Å². The first kappa shape index (κ1) is 5.24. The van der Waals surface area contributed by atoms with Crippen LogP contribution in [0.1, 0.15) is 0 Å². The van der Waals surface area contributed by atoms with Gasteiger partial charge in [-0.1, -0.05) is 0 Å². The first-order valence-electron chi connectivity index (χ1n) is 1.87. The summed E-state index contributed by atoms with van der Waals surface area (Å²) < 4.78 is 7.97. The van der Waals surface area contributed by atoms with Gasteiger partial charge in [-0.05, 0) is 11.5 Å². The summed E-state index contributed by atoms with van der Waals surface area (Å²) in [7, 11) is 0. The van der Waals surface area contributed by atoms with Crippen LogP contribution < -0.4 is 4.74 Å². The highest BCUT2D eigenvalue weighted by Gasteiger charge is 1.89. The largest absolute Gasteiger partial charge is 0.423 e. The summed E-state index contributed by atoms with van der Waals surface area (Å²) in [5, 5.41) is 1.62.